The van der Waals surface area contributed by atoms with Gasteiger partial charge in [0.2, 0.25) is 11.8 Å². The summed E-state index contributed by atoms with van der Waals surface area (Å²) in [4.78, 5) is 26.2. The lowest BCUT2D eigenvalue weighted by Crippen LogP contribution is -2.48. The maximum atomic E-state index is 13.3. The molecule has 1 heterocycles. The molecule has 1 unspecified atom stereocenters. The molecule has 1 aromatic rings. The Hall–Kier alpha value is -2.03. The van der Waals surface area contributed by atoms with Crippen LogP contribution < -0.4 is 16.4 Å². The standard InChI is InChI=1S/C19H29FN4O3/c1-13(2)18(21)19(26)23-12-17(25)22-11-16(24-7-9-27-10-8-24)14-3-5-15(20)6-4-14/h3-6,13,16,18H,7-12,21H2,1-2H3,(H,22,25)(H,23,26)/t16?,18-/m0/s1. The number of nitrogens with zero attached hydrogens (tertiary/aromatic N) is 1. The molecule has 0 radical (unpaired) electrons. The lowest BCUT2D eigenvalue weighted by atomic mass is 10.0. The molecule has 2 rings (SSSR count). The van der Waals surface area contributed by atoms with Crippen LogP contribution in [0.2, 0.25) is 0 Å². The van der Waals surface area contributed by atoms with Crippen LogP contribution in [-0.2, 0) is 14.3 Å². The van der Waals surface area contributed by atoms with Crippen molar-refractivity contribution in [2.75, 3.05) is 39.4 Å². The third-order valence-electron chi connectivity index (χ3n) is 4.68. The minimum Gasteiger partial charge on any atom is -0.379 e. The molecule has 27 heavy (non-hydrogen) atoms. The molecule has 2 atom stereocenters. The van der Waals surface area contributed by atoms with Crippen LogP contribution in [-0.4, -0.2) is 62.1 Å². The normalized spacial score (nSPS) is 17.4. The highest BCUT2D eigenvalue weighted by molar-refractivity contribution is 5.87. The number of nitrogens with one attached hydrogen (secondary N) is 2. The second kappa shape index (κ2) is 10.3. The number of amides is 2. The molecule has 1 aliphatic heterocycles. The molecule has 1 aromatic carbocycles. The average Bonchev–Trinajstić information content (AvgIpc) is 2.67. The summed E-state index contributed by atoms with van der Waals surface area (Å²) in [6, 6.07) is 5.55. The first-order valence-electron chi connectivity index (χ1n) is 9.25. The monoisotopic (exact) mass is 380 g/mol. The predicted octanol–water partition coefficient (Wildman–Crippen LogP) is 0.415. The lowest BCUT2D eigenvalue weighted by molar-refractivity contribution is -0.127. The highest BCUT2D eigenvalue weighted by Crippen LogP contribution is 2.21. The van der Waals surface area contributed by atoms with Gasteiger partial charge in [0, 0.05) is 19.6 Å². The Labute approximate surface area is 159 Å². The number of ether oxygens (including phenoxy) is 1. The van der Waals surface area contributed by atoms with E-state index in [1.165, 1.54) is 12.1 Å². The van der Waals surface area contributed by atoms with Crippen LogP contribution in [0.1, 0.15) is 25.5 Å². The van der Waals surface area contributed by atoms with Crippen molar-refractivity contribution in [3.63, 3.8) is 0 Å². The summed E-state index contributed by atoms with van der Waals surface area (Å²) in [6.45, 7) is 6.63. The van der Waals surface area contributed by atoms with Crippen molar-refractivity contribution in [1.82, 2.24) is 15.5 Å². The van der Waals surface area contributed by atoms with Gasteiger partial charge >= 0.3 is 0 Å². The maximum Gasteiger partial charge on any atom is 0.239 e. The van der Waals surface area contributed by atoms with E-state index in [4.69, 9.17) is 10.5 Å². The second-order valence-corrected chi connectivity index (χ2v) is 7.01. The number of rotatable bonds is 8. The Kier molecular flexibility index (Phi) is 8.15. The molecule has 0 aliphatic carbocycles. The van der Waals surface area contributed by atoms with Gasteiger partial charge in [-0.15, -0.1) is 0 Å². The summed E-state index contributed by atoms with van der Waals surface area (Å²) in [5.74, 6) is -0.937. The third kappa shape index (κ3) is 6.57. The molecule has 8 heteroatoms. The summed E-state index contributed by atoms with van der Waals surface area (Å²) < 4.78 is 18.6. The van der Waals surface area contributed by atoms with Crippen molar-refractivity contribution in [2.24, 2.45) is 11.7 Å². The molecule has 1 aliphatic rings. The molecule has 0 spiro atoms. The quantitative estimate of drug-likeness (QED) is 0.607. The smallest absolute Gasteiger partial charge is 0.239 e. The van der Waals surface area contributed by atoms with E-state index in [0.717, 1.165) is 18.7 Å². The molecule has 4 N–H and O–H groups in total. The topological polar surface area (TPSA) is 96.7 Å². The van der Waals surface area contributed by atoms with Crippen molar-refractivity contribution in [2.45, 2.75) is 25.9 Å². The van der Waals surface area contributed by atoms with Gasteiger partial charge in [-0.05, 0) is 23.6 Å². The van der Waals surface area contributed by atoms with Gasteiger partial charge in [0.05, 0.1) is 31.8 Å². The summed E-state index contributed by atoms with van der Waals surface area (Å²) in [7, 11) is 0. The number of nitrogens with two attached hydrogens (primary N) is 1. The van der Waals surface area contributed by atoms with Gasteiger partial charge in [0.25, 0.3) is 0 Å². The van der Waals surface area contributed by atoms with E-state index in [-0.39, 0.29) is 36.1 Å². The van der Waals surface area contributed by atoms with Gasteiger partial charge in [-0.1, -0.05) is 26.0 Å². The van der Waals surface area contributed by atoms with Crippen molar-refractivity contribution >= 4 is 11.8 Å². The molecule has 1 saturated heterocycles. The molecule has 150 valence electrons. The number of carbonyl (C=O) groups is 2. The zero-order valence-corrected chi connectivity index (χ0v) is 15.9. The van der Waals surface area contributed by atoms with Gasteiger partial charge in [-0.3, -0.25) is 14.5 Å². The SMILES string of the molecule is CC(C)[C@H](N)C(=O)NCC(=O)NCC(c1ccc(F)cc1)N1CCOCC1. The van der Waals surface area contributed by atoms with E-state index in [1.54, 1.807) is 12.1 Å². The Bertz CT molecular complexity index is 618. The zero-order valence-electron chi connectivity index (χ0n) is 15.9. The van der Waals surface area contributed by atoms with Crippen LogP contribution >= 0.6 is 0 Å². The molecular formula is C19H29FN4O3. The predicted molar refractivity (Wildman–Crippen MR) is 100 cm³/mol. The fourth-order valence-electron chi connectivity index (χ4n) is 2.89. The number of hydrogen-bond acceptors (Lipinski definition) is 5. The lowest BCUT2D eigenvalue weighted by Gasteiger charge is -2.35. The van der Waals surface area contributed by atoms with E-state index in [9.17, 15) is 14.0 Å². The first kappa shape index (κ1) is 21.3. The maximum absolute atomic E-state index is 13.3. The van der Waals surface area contributed by atoms with Crippen LogP contribution in [0, 0.1) is 11.7 Å². The van der Waals surface area contributed by atoms with Crippen molar-refractivity contribution in [3.05, 3.63) is 35.6 Å². The van der Waals surface area contributed by atoms with Crippen molar-refractivity contribution in [1.29, 1.82) is 0 Å². The number of halogens is 1. The first-order chi connectivity index (χ1) is 12.9. The molecular weight excluding hydrogens is 351 g/mol. The number of hydrogen-bond donors (Lipinski definition) is 3. The van der Waals surface area contributed by atoms with Gasteiger partial charge in [0.1, 0.15) is 5.82 Å². The number of benzene rings is 1. The largest absolute Gasteiger partial charge is 0.379 e. The van der Waals surface area contributed by atoms with Crippen LogP contribution in [0.25, 0.3) is 0 Å². The highest BCUT2D eigenvalue weighted by atomic mass is 19.1. The molecule has 0 bridgehead atoms. The van der Waals surface area contributed by atoms with Crippen LogP contribution in [0.3, 0.4) is 0 Å². The van der Waals surface area contributed by atoms with E-state index in [0.29, 0.717) is 19.8 Å². The van der Waals surface area contributed by atoms with Crippen molar-refractivity contribution < 1.29 is 18.7 Å². The molecule has 0 saturated carbocycles. The van der Waals surface area contributed by atoms with E-state index in [2.05, 4.69) is 15.5 Å². The number of carbonyl (C=O) groups excluding carboxylic acids is 2. The zero-order chi connectivity index (χ0) is 19.8. The minimum absolute atomic E-state index is 0.00256. The Morgan fingerprint density at radius 3 is 2.41 bits per heavy atom. The summed E-state index contributed by atoms with van der Waals surface area (Å²) in [5, 5.41) is 5.40. The van der Waals surface area contributed by atoms with E-state index in [1.807, 2.05) is 13.8 Å². The van der Waals surface area contributed by atoms with Gasteiger partial charge in [-0.25, -0.2) is 4.39 Å². The fourth-order valence-corrected chi connectivity index (χ4v) is 2.89. The van der Waals surface area contributed by atoms with Crippen molar-refractivity contribution in [3.8, 4) is 0 Å². The average molecular weight is 380 g/mol. The highest BCUT2D eigenvalue weighted by Gasteiger charge is 2.23. The number of morpholine rings is 1. The molecule has 7 nitrogen and oxygen atoms in total. The first-order valence-corrected chi connectivity index (χ1v) is 9.25. The van der Waals surface area contributed by atoms with Crippen LogP contribution in [0.4, 0.5) is 4.39 Å². The molecule has 1 fully saturated rings. The Balaban J connectivity index is 1.92. The summed E-state index contributed by atoms with van der Waals surface area (Å²) >= 11 is 0. The van der Waals surface area contributed by atoms with Gasteiger partial charge < -0.3 is 21.1 Å². The molecule has 2 amide bonds. The summed E-state index contributed by atoms with van der Waals surface area (Å²) in [6.07, 6.45) is 0. The Morgan fingerprint density at radius 2 is 1.81 bits per heavy atom. The second-order valence-electron chi connectivity index (χ2n) is 7.01. The van der Waals surface area contributed by atoms with E-state index < -0.39 is 6.04 Å². The van der Waals surface area contributed by atoms with Gasteiger partial charge in [0.15, 0.2) is 0 Å². The third-order valence-corrected chi connectivity index (χ3v) is 4.68. The fraction of sp³-hybridized carbons (Fsp3) is 0.579. The van der Waals surface area contributed by atoms with Gasteiger partial charge in [-0.2, -0.15) is 0 Å². The van der Waals surface area contributed by atoms with E-state index >= 15 is 0 Å². The minimum atomic E-state index is -0.641. The molecule has 0 aromatic heterocycles. The Morgan fingerprint density at radius 1 is 1.19 bits per heavy atom. The van der Waals surface area contributed by atoms with Crippen LogP contribution in [0.5, 0.6) is 0 Å². The summed E-state index contributed by atoms with van der Waals surface area (Å²) in [5.41, 5.74) is 6.68. The van der Waals surface area contributed by atoms with Crippen LogP contribution in [0.15, 0.2) is 24.3 Å².